The first kappa shape index (κ1) is 14.2. The normalized spacial score (nSPS) is 27.8. The molecule has 1 aliphatic heterocycles. The summed E-state index contributed by atoms with van der Waals surface area (Å²) in [6, 6.07) is 9.79. The smallest absolute Gasteiger partial charge is 0.156 e. The minimum atomic E-state index is -0.746. The lowest BCUT2D eigenvalue weighted by Crippen LogP contribution is -2.51. The number of nitriles is 1. The van der Waals surface area contributed by atoms with Crippen LogP contribution in [0.5, 0.6) is 0 Å². The van der Waals surface area contributed by atoms with Gasteiger partial charge in [0, 0.05) is 17.1 Å². The molecule has 0 amide bonds. The Balaban J connectivity index is 2.34. The first-order valence-electron chi connectivity index (χ1n) is 6.35. The highest BCUT2D eigenvalue weighted by atomic mass is 35.5. The van der Waals surface area contributed by atoms with E-state index in [1.54, 1.807) is 0 Å². The van der Waals surface area contributed by atoms with Crippen molar-refractivity contribution in [3.63, 3.8) is 0 Å². The van der Waals surface area contributed by atoms with Crippen LogP contribution in [-0.2, 0) is 4.74 Å². The van der Waals surface area contributed by atoms with E-state index in [4.69, 9.17) is 16.3 Å². The third-order valence-electron chi connectivity index (χ3n) is 3.64. The Bertz CT molecular complexity index is 516. The van der Waals surface area contributed by atoms with E-state index in [2.05, 4.69) is 11.4 Å². The lowest BCUT2D eigenvalue weighted by Gasteiger charge is -2.35. The van der Waals surface area contributed by atoms with Gasteiger partial charge in [0.25, 0.3) is 0 Å². The van der Waals surface area contributed by atoms with Gasteiger partial charge in [-0.05, 0) is 52.0 Å². The Morgan fingerprint density at radius 1 is 1.21 bits per heavy atom. The summed E-state index contributed by atoms with van der Waals surface area (Å²) in [6.07, 6.45) is 0.631. The summed E-state index contributed by atoms with van der Waals surface area (Å²) in [7, 11) is 0. The van der Waals surface area contributed by atoms with E-state index < -0.39 is 11.1 Å². The predicted octanol–water partition coefficient (Wildman–Crippen LogP) is 3.99. The fourth-order valence-corrected chi connectivity index (χ4v) is 2.97. The van der Waals surface area contributed by atoms with Gasteiger partial charge >= 0.3 is 0 Å². The van der Waals surface area contributed by atoms with Gasteiger partial charge in [-0.25, -0.2) is 0 Å². The molecule has 4 heteroatoms. The molecule has 19 heavy (non-hydrogen) atoms. The molecule has 2 rings (SSSR count). The van der Waals surface area contributed by atoms with Crippen LogP contribution < -0.4 is 5.32 Å². The fourth-order valence-electron chi connectivity index (χ4n) is 2.84. The van der Waals surface area contributed by atoms with Crippen LogP contribution in [0, 0.1) is 11.3 Å². The third-order valence-corrected chi connectivity index (χ3v) is 3.89. The molecule has 0 aliphatic carbocycles. The zero-order valence-corrected chi connectivity index (χ0v) is 12.5. The molecule has 0 saturated carbocycles. The monoisotopic (exact) mass is 278 g/mol. The lowest BCUT2D eigenvalue weighted by atomic mass is 9.80. The van der Waals surface area contributed by atoms with Gasteiger partial charge in [-0.1, -0.05) is 11.6 Å². The van der Waals surface area contributed by atoms with E-state index >= 15 is 0 Å². The molecule has 0 radical (unpaired) electrons. The molecule has 1 aromatic carbocycles. The maximum Gasteiger partial charge on any atom is 0.156 e. The Hall–Kier alpha value is -1.24. The second-order valence-electron chi connectivity index (χ2n) is 6.20. The number of anilines is 1. The van der Waals surface area contributed by atoms with E-state index in [0.717, 1.165) is 5.69 Å². The van der Waals surface area contributed by atoms with Gasteiger partial charge in [0.1, 0.15) is 0 Å². The zero-order chi connectivity index (χ0) is 14.3. The second kappa shape index (κ2) is 4.40. The quantitative estimate of drug-likeness (QED) is 0.889. The van der Waals surface area contributed by atoms with Crippen molar-refractivity contribution in [2.75, 3.05) is 5.32 Å². The van der Waals surface area contributed by atoms with Gasteiger partial charge in [0.05, 0.1) is 17.3 Å². The molecule has 1 fully saturated rings. The van der Waals surface area contributed by atoms with E-state index in [-0.39, 0.29) is 5.60 Å². The van der Waals surface area contributed by atoms with Crippen LogP contribution in [0.1, 0.15) is 34.1 Å². The standard InChI is InChI=1S/C15H19ClN2O/c1-13(2)9-15(10-17,14(3,4)19-13)18-12-7-5-11(16)6-8-12/h5-8,18H,9H2,1-4H3. The highest BCUT2D eigenvalue weighted by Crippen LogP contribution is 2.46. The van der Waals surface area contributed by atoms with Gasteiger partial charge in [0.15, 0.2) is 5.54 Å². The average Bonchev–Trinajstić information content (AvgIpc) is 2.47. The molecule has 1 aliphatic rings. The minimum absolute atomic E-state index is 0.321. The van der Waals surface area contributed by atoms with E-state index in [1.807, 2.05) is 52.0 Å². The largest absolute Gasteiger partial charge is 0.366 e. The molecule has 1 N–H and O–H groups in total. The summed E-state index contributed by atoms with van der Waals surface area (Å²) >= 11 is 5.88. The van der Waals surface area contributed by atoms with Crippen LogP contribution in [-0.4, -0.2) is 16.7 Å². The topological polar surface area (TPSA) is 45.0 Å². The van der Waals surface area contributed by atoms with E-state index in [1.165, 1.54) is 0 Å². The summed E-state index contributed by atoms with van der Waals surface area (Å²) in [6.45, 7) is 7.93. The number of nitrogens with one attached hydrogen (secondary N) is 1. The first-order chi connectivity index (χ1) is 8.70. The van der Waals surface area contributed by atoms with Crippen LogP contribution in [0.2, 0.25) is 5.02 Å². The van der Waals surface area contributed by atoms with Crippen molar-refractivity contribution >= 4 is 17.3 Å². The van der Waals surface area contributed by atoms with E-state index in [0.29, 0.717) is 11.4 Å². The SMILES string of the molecule is CC1(C)CC(C#N)(Nc2ccc(Cl)cc2)C(C)(C)O1. The molecule has 1 unspecified atom stereocenters. The molecule has 0 spiro atoms. The molecule has 1 heterocycles. The van der Waals surface area contributed by atoms with Gasteiger partial charge in [0.2, 0.25) is 0 Å². The molecule has 1 saturated heterocycles. The lowest BCUT2D eigenvalue weighted by molar-refractivity contribution is -0.0713. The molecule has 1 atom stereocenters. The van der Waals surface area contributed by atoms with Crippen molar-refractivity contribution in [2.45, 2.75) is 50.9 Å². The van der Waals surface area contributed by atoms with Crippen molar-refractivity contribution in [1.29, 1.82) is 5.26 Å². The summed E-state index contributed by atoms with van der Waals surface area (Å²) < 4.78 is 6.03. The van der Waals surface area contributed by atoms with E-state index in [9.17, 15) is 5.26 Å². The number of ether oxygens (including phenoxy) is 1. The number of halogens is 1. The molecular weight excluding hydrogens is 260 g/mol. The van der Waals surface area contributed by atoms with Crippen LogP contribution in [0.25, 0.3) is 0 Å². The number of benzene rings is 1. The van der Waals surface area contributed by atoms with Crippen molar-refractivity contribution in [1.82, 2.24) is 0 Å². The molecule has 3 nitrogen and oxygen atoms in total. The number of rotatable bonds is 2. The Morgan fingerprint density at radius 3 is 2.21 bits per heavy atom. The number of hydrogen-bond donors (Lipinski definition) is 1. The van der Waals surface area contributed by atoms with Gasteiger partial charge in [-0.3, -0.25) is 0 Å². The number of hydrogen-bond acceptors (Lipinski definition) is 3. The molecular formula is C15H19ClN2O. The fraction of sp³-hybridized carbons (Fsp3) is 0.533. The summed E-state index contributed by atoms with van der Waals surface area (Å²) in [5, 5.41) is 13.7. The van der Waals surface area contributed by atoms with Crippen molar-refractivity contribution < 1.29 is 4.74 Å². The maximum atomic E-state index is 9.68. The van der Waals surface area contributed by atoms with Crippen LogP contribution >= 0.6 is 11.6 Å². The number of nitrogens with zero attached hydrogens (tertiary/aromatic N) is 1. The van der Waals surface area contributed by atoms with Crippen molar-refractivity contribution in [3.05, 3.63) is 29.3 Å². The Kier molecular flexibility index (Phi) is 3.28. The maximum absolute atomic E-state index is 9.68. The van der Waals surface area contributed by atoms with Crippen LogP contribution in [0.15, 0.2) is 24.3 Å². The molecule has 102 valence electrons. The zero-order valence-electron chi connectivity index (χ0n) is 11.7. The average molecular weight is 279 g/mol. The molecule has 0 aromatic heterocycles. The molecule has 0 bridgehead atoms. The minimum Gasteiger partial charge on any atom is -0.366 e. The summed E-state index contributed by atoms with van der Waals surface area (Å²) in [4.78, 5) is 0. The Labute approximate surface area is 119 Å². The van der Waals surface area contributed by atoms with Crippen LogP contribution in [0.3, 0.4) is 0 Å². The summed E-state index contributed by atoms with van der Waals surface area (Å²) in [5.74, 6) is 0. The second-order valence-corrected chi connectivity index (χ2v) is 6.63. The highest BCUT2D eigenvalue weighted by molar-refractivity contribution is 6.30. The Morgan fingerprint density at radius 2 is 1.79 bits per heavy atom. The third kappa shape index (κ3) is 2.56. The van der Waals surface area contributed by atoms with Gasteiger partial charge < -0.3 is 10.1 Å². The van der Waals surface area contributed by atoms with Crippen molar-refractivity contribution in [3.8, 4) is 6.07 Å². The highest BCUT2D eigenvalue weighted by Gasteiger charge is 2.58. The first-order valence-corrected chi connectivity index (χ1v) is 6.73. The van der Waals surface area contributed by atoms with Gasteiger partial charge in [-0.15, -0.1) is 0 Å². The predicted molar refractivity (Wildman–Crippen MR) is 77.3 cm³/mol. The van der Waals surface area contributed by atoms with Crippen LogP contribution in [0.4, 0.5) is 5.69 Å². The summed E-state index contributed by atoms with van der Waals surface area (Å²) in [5.41, 5.74) is -0.756. The van der Waals surface area contributed by atoms with Gasteiger partial charge in [-0.2, -0.15) is 5.26 Å². The van der Waals surface area contributed by atoms with Crippen molar-refractivity contribution in [2.24, 2.45) is 0 Å². The molecule has 1 aromatic rings.